The normalized spacial score (nSPS) is 11.7. The molecule has 1 aromatic carbocycles. The van der Waals surface area contributed by atoms with E-state index in [2.05, 4.69) is 38.2 Å². The Morgan fingerprint density at radius 1 is 0.459 bits per heavy atom. The van der Waals surface area contributed by atoms with Gasteiger partial charge in [0.05, 0.1) is 29.2 Å². The first-order valence-electron chi connectivity index (χ1n) is 25.1. The summed E-state index contributed by atoms with van der Waals surface area (Å²) in [5.41, 5.74) is -0.812. The minimum atomic E-state index is -5.03. The second-order valence-corrected chi connectivity index (χ2v) is 18.5. The van der Waals surface area contributed by atoms with Gasteiger partial charge in [-0.05, 0) is 76.3 Å². The van der Waals surface area contributed by atoms with Gasteiger partial charge in [0, 0.05) is 0 Å². The van der Waals surface area contributed by atoms with Crippen molar-refractivity contribution in [2.75, 3.05) is 13.2 Å². The summed E-state index contributed by atoms with van der Waals surface area (Å²) in [5.74, 6) is -1.85. The van der Waals surface area contributed by atoms with Gasteiger partial charge in [0.1, 0.15) is 10.1 Å². The van der Waals surface area contributed by atoms with E-state index in [1.807, 2.05) is 0 Å². The van der Waals surface area contributed by atoms with Gasteiger partial charge in [-0.25, -0.2) is 18.0 Å². The third kappa shape index (κ3) is 35.6. The topological polar surface area (TPSA) is 110 Å². The van der Waals surface area contributed by atoms with E-state index in [1.54, 1.807) is 0 Å². The zero-order chi connectivity index (χ0) is 43.6. The number of benzene rings is 1. The number of carbonyl (C=O) groups excluding carboxylic acids is 2. The number of carbonyl (C=O) groups is 2. The molecule has 0 heterocycles. The molecule has 0 saturated heterocycles. The molecule has 0 N–H and O–H groups in total. The average Bonchev–Trinajstić information content (AvgIpc) is 3.24. The van der Waals surface area contributed by atoms with Crippen molar-refractivity contribution < 1.29 is 61.6 Å². The molecular weight excluding hydrogens is 792 g/mol. The molecular formula is C52H89NaO7S. The molecule has 0 aliphatic carbocycles. The Morgan fingerprint density at radius 2 is 0.754 bits per heavy atom. The molecule has 0 radical (unpaired) electrons. The molecule has 0 aliphatic rings. The fourth-order valence-electron chi connectivity index (χ4n) is 7.71. The number of hydrogen-bond acceptors (Lipinski definition) is 7. The predicted octanol–water partition coefficient (Wildman–Crippen LogP) is 13.1. The maximum Gasteiger partial charge on any atom is 1.00 e. The van der Waals surface area contributed by atoms with E-state index < -0.39 is 32.5 Å². The first kappa shape index (κ1) is 59.5. The van der Waals surface area contributed by atoms with Crippen LogP contribution in [0.1, 0.15) is 266 Å². The third-order valence-electron chi connectivity index (χ3n) is 11.5. The summed E-state index contributed by atoms with van der Waals surface area (Å²) in [6, 6.07) is 3.60. The van der Waals surface area contributed by atoms with Crippen LogP contribution in [0.2, 0.25) is 0 Å². The van der Waals surface area contributed by atoms with Crippen LogP contribution in [-0.2, 0) is 19.6 Å². The van der Waals surface area contributed by atoms with Gasteiger partial charge in [-0.1, -0.05) is 211 Å². The van der Waals surface area contributed by atoms with Crippen LogP contribution >= 0.6 is 0 Å². The second kappa shape index (κ2) is 43.8. The minimum absolute atomic E-state index is 0. The molecule has 0 unspecified atom stereocenters. The number of esters is 2. The van der Waals surface area contributed by atoms with Crippen LogP contribution in [0.5, 0.6) is 0 Å². The zero-order valence-electron chi connectivity index (χ0n) is 39.7. The van der Waals surface area contributed by atoms with Crippen molar-refractivity contribution in [3.05, 3.63) is 53.6 Å². The fourth-order valence-corrected chi connectivity index (χ4v) is 8.40. The Hall–Kier alpha value is -1.45. The van der Waals surface area contributed by atoms with Gasteiger partial charge in [-0.2, -0.15) is 0 Å². The fraction of sp³-hybridized carbons (Fsp3) is 0.769. The molecule has 0 aliphatic heterocycles. The first-order valence-corrected chi connectivity index (χ1v) is 26.5. The number of rotatable bonds is 43. The van der Waals surface area contributed by atoms with Gasteiger partial charge in [0.2, 0.25) is 0 Å². The largest absolute Gasteiger partial charge is 1.00 e. The predicted molar refractivity (Wildman–Crippen MR) is 251 cm³/mol. The van der Waals surface area contributed by atoms with Gasteiger partial charge >= 0.3 is 41.5 Å². The van der Waals surface area contributed by atoms with E-state index in [0.29, 0.717) is 12.8 Å². The monoisotopic (exact) mass is 881 g/mol. The van der Waals surface area contributed by atoms with Crippen molar-refractivity contribution >= 4 is 22.1 Å². The van der Waals surface area contributed by atoms with Crippen LogP contribution in [0.15, 0.2) is 47.4 Å². The minimum Gasteiger partial charge on any atom is -0.744 e. The van der Waals surface area contributed by atoms with Crippen LogP contribution in [0.25, 0.3) is 0 Å². The van der Waals surface area contributed by atoms with Crippen molar-refractivity contribution in [1.29, 1.82) is 0 Å². The molecule has 0 saturated carbocycles. The number of ether oxygens (including phenoxy) is 2. The maximum atomic E-state index is 13.0. The molecule has 0 fully saturated rings. The molecule has 61 heavy (non-hydrogen) atoms. The van der Waals surface area contributed by atoms with E-state index in [0.717, 1.165) is 44.6 Å². The van der Waals surface area contributed by atoms with E-state index in [1.165, 1.54) is 192 Å². The van der Waals surface area contributed by atoms with Crippen molar-refractivity contribution in [1.82, 2.24) is 0 Å². The molecule has 9 heteroatoms. The summed E-state index contributed by atoms with van der Waals surface area (Å²) in [6.07, 6.45) is 53.5. The Bertz CT molecular complexity index is 1340. The zero-order valence-corrected chi connectivity index (χ0v) is 42.5. The Labute approximate surface area is 397 Å². The van der Waals surface area contributed by atoms with Crippen molar-refractivity contribution in [3.8, 4) is 0 Å². The third-order valence-corrected chi connectivity index (χ3v) is 12.4. The van der Waals surface area contributed by atoms with Crippen LogP contribution in [-0.4, -0.2) is 38.1 Å². The molecule has 0 atom stereocenters. The summed E-state index contributed by atoms with van der Waals surface area (Å²) < 4.78 is 46.8. The molecule has 0 aromatic heterocycles. The van der Waals surface area contributed by atoms with Gasteiger partial charge in [-0.15, -0.1) is 0 Å². The summed E-state index contributed by atoms with van der Waals surface area (Å²) in [4.78, 5) is 25.2. The van der Waals surface area contributed by atoms with Crippen molar-refractivity contribution in [3.63, 3.8) is 0 Å². The smallest absolute Gasteiger partial charge is 0.744 e. The summed E-state index contributed by atoms with van der Waals surface area (Å²) in [5, 5.41) is 0. The van der Waals surface area contributed by atoms with E-state index in [9.17, 15) is 22.6 Å². The number of unbranched alkanes of at least 4 members (excludes halogenated alkanes) is 32. The molecule has 1 rings (SSSR count). The molecule has 0 spiro atoms. The van der Waals surface area contributed by atoms with Gasteiger partial charge < -0.3 is 14.0 Å². The van der Waals surface area contributed by atoms with Crippen molar-refractivity contribution in [2.24, 2.45) is 0 Å². The maximum absolute atomic E-state index is 13.0. The Morgan fingerprint density at radius 3 is 1.08 bits per heavy atom. The van der Waals surface area contributed by atoms with Crippen LogP contribution in [0, 0.1) is 0 Å². The molecule has 1 aromatic rings. The Kier molecular flexibility index (Phi) is 42.7. The molecule has 7 nitrogen and oxygen atoms in total. The molecule has 0 amide bonds. The summed E-state index contributed by atoms with van der Waals surface area (Å²) >= 11 is 0. The van der Waals surface area contributed by atoms with Crippen LogP contribution < -0.4 is 29.6 Å². The van der Waals surface area contributed by atoms with Gasteiger partial charge in [-0.3, -0.25) is 0 Å². The molecule has 0 bridgehead atoms. The van der Waals surface area contributed by atoms with Crippen LogP contribution in [0.4, 0.5) is 0 Å². The Balaban J connectivity index is 0.0000360. The summed E-state index contributed by atoms with van der Waals surface area (Å²) in [7, 11) is -5.03. The standard InChI is InChI=1S/C52H90O7S.Na/c1-3-5-7-9-11-13-15-17-19-21-23-25-27-29-31-33-35-37-39-41-46-58-51(53)48-44-43-45-49(60(55,56)57)50(48)52(54)59-47-42-40-38-36-34-32-30-28-26-24-22-20-18-16-14-12-10-8-6-4-2;/h33-36,43-45H,3-32,37-42,46-47H2,1-2H3,(H,55,56,57);/q;+1/p-1/b35-33+,36-34+;. The van der Waals surface area contributed by atoms with Crippen LogP contribution in [0.3, 0.4) is 0 Å². The summed E-state index contributed by atoms with van der Waals surface area (Å²) in [6.45, 7) is 4.72. The SMILES string of the molecule is CCCCCCCCCCCCCCCC/C=C/CCCCOC(=O)c1cccc(S(=O)(=O)[O-])c1C(=O)OCCCC/C=C/CCCCCCCCCCCCCCCC.[Na+]. The van der Waals surface area contributed by atoms with E-state index >= 15 is 0 Å². The van der Waals surface area contributed by atoms with Gasteiger partial charge in [0.25, 0.3) is 0 Å². The van der Waals surface area contributed by atoms with E-state index in [-0.39, 0.29) is 48.3 Å². The average molecular weight is 881 g/mol. The quantitative estimate of drug-likeness (QED) is 0.0211. The van der Waals surface area contributed by atoms with Crippen molar-refractivity contribution in [2.45, 2.75) is 250 Å². The number of hydrogen-bond donors (Lipinski definition) is 0. The van der Waals surface area contributed by atoms with E-state index in [4.69, 9.17) is 9.47 Å². The number of allylic oxidation sites excluding steroid dienone is 4. The molecule has 346 valence electrons. The van der Waals surface area contributed by atoms with Gasteiger partial charge in [0.15, 0.2) is 0 Å². The first-order chi connectivity index (χ1) is 29.3. The second-order valence-electron chi connectivity index (χ2n) is 17.1.